The standard InChI is InChI=1S/C15H20FNO3/c1-19-14-6-5-13(16)8-12(14)10-17-7-3-4-11(9-17)15(18)20-2/h5-6,8,11H,3-4,7,9-10H2,1-2H3. The Morgan fingerprint density at radius 2 is 2.25 bits per heavy atom. The topological polar surface area (TPSA) is 38.8 Å². The van der Waals surface area contributed by atoms with E-state index in [1.165, 1.54) is 19.2 Å². The number of likely N-dealkylation sites (tertiary alicyclic amines) is 1. The smallest absolute Gasteiger partial charge is 0.309 e. The summed E-state index contributed by atoms with van der Waals surface area (Å²) in [5, 5.41) is 0. The van der Waals surface area contributed by atoms with Gasteiger partial charge >= 0.3 is 5.97 Å². The number of nitrogens with zero attached hydrogens (tertiary/aromatic N) is 1. The molecule has 20 heavy (non-hydrogen) atoms. The minimum Gasteiger partial charge on any atom is -0.496 e. The van der Waals surface area contributed by atoms with Crippen LogP contribution in [0.2, 0.25) is 0 Å². The first kappa shape index (κ1) is 14.8. The predicted octanol–water partition coefficient (Wildman–Crippen LogP) is 2.22. The van der Waals surface area contributed by atoms with Gasteiger partial charge in [0.15, 0.2) is 0 Å². The third-order valence-electron chi connectivity index (χ3n) is 3.68. The van der Waals surface area contributed by atoms with Crippen LogP contribution >= 0.6 is 0 Å². The largest absolute Gasteiger partial charge is 0.496 e. The Morgan fingerprint density at radius 1 is 1.45 bits per heavy atom. The van der Waals surface area contributed by atoms with Crippen molar-refractivity contribution in [1.29, 1.82) is 0 Å². The number of piperidine rings is 1. The van der Waals surface area contributed by atoms with Crippen molar-refractivity contribution < 1.29 is 18.7 Å². The fraction of sp³-hybridized carbons (Fsp3) is 0.533. The molecule has 4 nitrogen and oxygen atoms in total. The molecule has 0 aliphatic carbocycles. The summed E-state index contributed by atoms with van der Waals surface area (Å²) in [4.78, 5) is 13.7. The number of ether oxygens (including phenoxy) is 2. The van der Waals surface area contributed by atoms with Crippen molar-refractivity contribution in [2.75, 3.05) is 27.3 Å². The van der Waals surface area contributed by atoms with Gasteiger partial charge in [0.1, 0.15) is 11.6 Å². The molecule has 5 heteroatoms. The van der Waals surface area contributed by atoms with Crippen molar-refractivity contribution in [2.45, 2.75) is 19.4 Å². The Morgan fingerprint density at radius 3 is 2.95 bits per heavy atom. The normalized spacial score (nSPS) is 19.6. The zero-order chi connectivity index (χ0) is 14.5. The van der Waals surface area contributed by atoms with Crippen molar-refractivity contribution >= 4 is 5.97 Å². The van der Waals surface area contributed by atoms with Crippen LogP contribution in [0.15, 0.2) is 18.2 Å². The number of hydrogen-bond donors (Lipinski definition) is 0. The number of halogens is 1. The molecule has 1 saturated heterocycles. The second kappa shape index (κ2) is 6.70. The molecule has 1 aliphatic rings. The molecule has 0 N–H and O–H groups in total. The van der Waals surface area contributed by atoms with Gasteiger partial charge in [-0.25, -0.2) is 4.39 Å². The van der Waals surface area contributed by atoms with E-state index in [-0.39, 0.29) is 17.7 Å². The van der Waals surface area contributed by atoms with Crippen molar-refractivity contribution in [2.24, 2.45) is 5.92 Å². The number of hydrogen-bond acceptors (Lipinski definition) is 4. The Balaban J connectivity index is 2.06. The van der Waals surface area contributed by atoms with Gasteiger partial charge in [-0.1, -0.05) is 0 Å². The van der Waals surface area contributed by atoms with Crippen LogP contribution in [0, 0.1) is 11.7 Å². The number of rotatable bonds is 4. The number of carbonyl (C=O) groups is 1. The van der Waals surface area contributed by atoms with Crippen LogP contribution in [0.1, 0.15) is 18.4 Å². The lowest BCUT2D eigenvalue weighted by Crippen LogP contribution is -2.38. The van der Waals surface area contributed by atoms with Crippen LogP contribution in [0.3, 0.4) is 0 Å². The second-order valence-corrected chi connectivity index (χ2v) is 5.05. The molecule has 0 spiro atoms. The van der Waals surface area contributed by atoms with Crippen LogP contribution in [-0.2, 0) is 16.1 Å². The molecule has 110 valence electrons. The molecular formula is C15H20FNO3. The van der Waals surface area contributed by atoms with Gasteiger partial charge in [0.25, 0.3) is 0 Å². The molecule has 1 aromatic carbocycles. The molecule has 0 saturated carbocycles. The van der Waals surface area contributed by atoms with E-state index in [0.717, 1.165) is 24.9 Å². The van der Waals surface area contributed by atoms with E-state index in [4.69, 9.17) is 9.47 Å². The highest BCUT2D eigenvalue weighted by molar-refractivity contribution is 5.72. The molecule has 1 atom stereocenters. The van der Waals surface area contributed by atoms with Crippen molar-refractivity contribution in [3.05, 3.63) is 29.6 Å². The van der Waals surface area contributed by atoms with E-state index in [9.17, 15) is 9.18 Å². The van der Waals surface area contributed by atoms with Gasteiger partial charge in [-0.3, -0.25) is 9.69 Å². The van der Waals surface area contributed by atoms with Gasteiger partial charge in [-0.15, -0.1) is 0 Å². The quantitative estimate of drug-likeness (QED) is 0.793. The third-order valence-corrected chi connectivity index (χ3v) is 3.68. The maximum absolute atomic E-state index is 13.3. The highest BCUT2D eigenvalue weighted by atomic mass is 19.1. The minimum atomic E-state index is -0.276. The summed E-state index contributed by atoms with van der Waals surface area (Å²) in [7, 11) is 2.99. The molecule has 1 fully saturated rings. The van der Waals surface area contributed by atoms with Crippen LogP contribution in [0.5, 0.6) is 5.75 Å². The lowest BCUT2D eigenvalue weighted by molar-refractivity contribution is -0.147. The van der Waals surface area contributed by atoms with Gasteiger partial charge in [-0.05, 0) is 37.6 Å². The number of esters is 1. The SMILES string of the molecule is COC(=O)C1CCCN(Cc2cc(F)ccc2OC)C1. The first-order chi connectivity index (χ1) is 9.63. The van der Waals surface area contributed by atoms with Crippen molar-refractivity contribution in [3.63, 3.8) is 0 Å². The molecule has 1 aromatic rings. The van der Waals surface area contributed by atoms with E-state index >= 15 is 0 Å². The minimum absolute atomic E-state index is 0.0895. The highest BCUT2D eigenvalue weighted by Crippen LogP contribution is 2.24. The highest BCUT2D eigenvalue weighted by Gasteiger charge is 2.26. The molecule has 1 unspecified atom stereocenters. The summed E-state index contributed by atoms with van der Waals surface area (Å²) in [6.45, 7) is 2.12. The van der Waals surface area contributed by atoms with Crippen molar-refractivity contribution in [3.8, 4) is 5.75 Å². The monoisotopic (exact) mass is 281 g/mol. The van der Waals surface area contributed by atoms with Crippen LogP contribution in [0.4, 0.5) is 4.39 Å². The summed E-state index contributed by atoms with van der Waals surface area (Å²) in [6.07, 6.45) is 1.79. The fourth-order valence-electron chi connectivity index (χ4n) is 2.67. The third kappa shape index (κ3) is 3.48. The molecule has 1 heterocycles. The van der Waals surface area contributed by atoms with E-state index < -0.39 is 0 Å². The van der Waals surface area contributed by atoms with E-state index in [1.54, 1.807) is 13.2 Å². The van der Waals surface area contributed by atoms with Gasteiger partial charge < -0.3 is 9.47 Å². The summed E-state index contributed by atoms with van der Waals surface area (Å²) in [6, 6.07) is 4.50. The number of methoxy groups -OCH3 is 2. The van der Waals surface area contributed by atoms with Gasteiger partial charge in [-0.2, -0.15) is 0 Å². The second-order valence-electron chi connectivity index (χ2n) is 5.05. The Bertz CT molecular complexity index is 478. The summed E-state index contributed by atoms with van der Waals surface area (Å²) in [5.74, 6) is 0.142. The van der Waals surface area contributed by atoms with Gasteiger partial charge in [0.2, 0.25) is 0 Å². The summed E-state index contributed by atoms with van der Waals surface area (Å²) >= 11 is 0. The lowest BCUT2D eigenvalue weighted by Gasteiger charge is -2.31. The maximum Gasteiger partial charge on any atom is 0.309 e. The van der Waals surface area contributed by atoms with Crippen LogP contribution in [-0.4, -0.2) is 38.2 Å². The zero-order valence-corrected chi connectivity index (χ0v) is 11.9. The summed E-state index contributed by atoms with van der Waals surface area (Å²) in [5.41, 5.74) is 0.804. The lowest BCUT2D eigenvalue weighted by atomic mass is 9.97. The Kier molecular flexibility index (Phi) is 4.95. The molecule has 0 aromatic heterocycles. The molecule has 1 aliphatic heterocycles. The predicted molar refractivity (Wildman–Crippen MR) is 73.0 cm³/mol. The molecular weight excluding hydrogens is 261 g/mol. The average molecular weight is 281 g/mol. The average Bonchev–Trinajstić information content (AvgIpc) is 2.47. The first-order valence-corrected chi connectivity index (χ1v) is 6.76. The van der Waals surface area contributed by atoms with Gasteiger partial charge in [0, 0.05) is 18.7 Å². The molecule has 0 radical (unpaired) electrons. The Labute approximate surface area is 118 Å². The van der Waals surface area contributed by atoms with E-state index in [0.29, 0.717) is 18.8 Å². The first-order valence-electron chi connectivity index (χ1n) is 6.76. The molecule has 2 rings (SSSR count). The summed E-state index contributed by atoms with van der Waals surface area (Å²) < 4.78 is 23.4. The van der Waals surface area contributed by atoms with Crippen LogP contribution < -0.4 is 4.74 Å². The molecule has 0 bridgehead atoms. The zero-order valence-electron chi connectivity index (χ0n) is 11.9. The fourth-order valence-corrected chi connectivity index (χ4v) is 2.67. The number of benzene rings is 1. The number of carbonyl (C=O) groups excluding carboxylic acids is 1. The van der Waals surface area contributed by atoms with E-state index in [2.05, 4.69) is 4.90 Å². The Hall–Kier alpha value is -1.62. The van der Waals surface area contributed by atoms with Gasteiger partial charge in [0.05, 0.1) is 20.1 Å². The van der Waals surface area contributed by atoms with E-state index in [1.807, 2.05) is 0 Å². The molecule has 0 amide bonds. The van der Waals surface area contributed by atoms with Crippen molar-refractivity contribution in [1.82, 2.24) is 4.90 Å². The van der Waals surface area contributed by atoms with Crippen LogP contribution in [0.25, 0.3) is 0 Å². The maximum atomic E-state index is 13.3.